The standard InChI is InChI=1S/C15H22N2O3/c1-3-4-5-7-17-13-6-8-16(2)10-11(13)9-12(14(17)18)15(19)20/h9H,3-8,10H2,1-2H3,(H,19,20). The molecule has 0 bridgehead atoms. The molecule has 0 saturated heterocycles. The molecule has 0 fully saturated rings. The minimum atomic E-state index is -1.13. The van der Waals surface area contributed by atoms with Crippen LogP contribution in [0, 0.1) is 0 Å². The fraction of sp³-hybridized carbons (Fsp3) is 0.600. The van der Waals surface area contributed by atoms with E-state index in [1.165, 1.54) is 0 Å². The zero-order valence-electron chi connectivity index (χ0n) is 12.2. The highest BCUT2D eigenvalue weighted by Gasteiger charge is 2.22. The molecule has 1 N–H and O–H groups in total. The lowest BCUT2D eigenvalue weighted by atomic mass is 10.0. The van der Waals surface area contributed by atoms with Crippen molar-refractivity contribution in [2.75, 3.05) is 13.6 Å². The lowest BCUT2D eigenvalue weighted by Crippen LogP contribution is -2.36. The predicted molar refractivity (Wildman–Crippen MR) is 77.2 cm³/mol. The van der Waals surface area contributed by atoms with Gasteiger partial charge in [0.15, 0.2) is 0 Å². The van der Waals surface area contributed by atoms with E-state index in [1.54, 1.807) is 10.6 Å². The van der Waals surface area contributed by atoms with Crippen LogP contribution in [0.15, 0.2) is 10.9 Å². The summed E-state index contributed by atoms with van der Waals surface area (Å²) in [5, 5.41) is 9.20. The second kappa shape index (κ2) is 6.22. The molecule has 0 unspecified atom stereocenters. The van der Waals surface area contributed by atoms with E-state index >= 15 is 0 Å². The molecule has 110 valence electrons. The topological polar surface area (TPSA) is 62.5 Å². The maximum absolute atomic E-state index is 12.3. The number of unbranched alkanes of at least 4 members (excludes halogenated alkanes) is 2. The zero-order chi connectivity index (χ0) is 14.7. The smallest absolute Gasteiger partial charge is 0.341 e. The Labute approximate surface area is 118 Å². The van der Waals surface area contributed by atoms with Crippen LogP contribution in [0.2, 0.25) is 0 Å². The van der Waals surface area contributed by atoms with Gasteiger partial charge in [-0.2, -0.15) is 0 Å². The molecule has 0 aliphatic carbocycles. The summed E-state index contributed by atoms with van der Waals surface area (Å²) in [6.07, 6.45) is 3.87. The third-order valence-electron chi connectivity index (χ3n) is 3.88. The molecule has 0 radical (unpaired) electrons. The van der Waals surface area contributed by atoms with Gasteiger partial charge in [0.25, 0.3) is 5.56 Å². The Balaban J connectivity index is 2.46. The van der Waals surface area contributed by atoms with Gasteiger partial charge in [-0.25, -0.2) is 4.79 Å². The second-order valence-corrected chi connectivity index (χ2v) is 5.49. The van der Waals surface area contributed by atoms with Crippen molar-refractivity contribution < 1.29 is 9.90 Å². The average Bonchev–Trinajstić information content (AvgIpc) is 2.40. The lowest BCUT2D eigenvalue weighted by Gasteiger charge is -2.28. The van der Waals surface area contributed by atoms with E-state index in [2.05, 4.69) is 11.8 Å². The molecule has 0 atom stereocenters. The molecule has 20 heavy (non-hydrogen) atoms. The molecule has 0 aromatic carbocycles. The molecule has 0 saturated carbocycles. The van der Waals surface area contributed by atoms with Crippen molar-refractivity contribution in [2.24, 2.45) is 0 Å². The number of rotatable bonds is 5. The Hall–Kier alpha value is -1.62. The van der Waals surface area contributed by atoms with Crippen LogP contribution in [0.1, 0.15) is 47.8 Å². The molecule has 2 rings (SSSR count). The summed E-state index contributed by atoms with van der Waals surface area (Å²) in [6.45, 7) is 4.36. The van der Waals surface area contributed by atoms with E-state index < -0.39 is 5.97 Å². The average molecular weight is 278 g/mol. The van der Waals surface area contributed by atoms with Gasteiger partial charge >= 0.3 is 5.97 Å². The van der Waals surface area contributed by atoms with E-state index in [0.717, 1.165) is 43.5 Å². The van der Waals surface area contributed by atoms with Crippen molar-refractivity contribution in [3.63, 3.8) is 0 Å². The minimum Gasteiger partial charge on any atom is -0.477 e. The highest BCUT2D eigenvalue weighted by Crippen LogP contribution is 2.18. The van der Waals surface area contributed by atoms with E-state index in [4.69, 9.17) is 0 Å². The number of hydrogen-bond acceptors (Lipinski definition) is 3. The highest BCUT2D eigenvalue weighted by atomic mass is 16.4. The Morgan fingerprint density at radius 2 is 2.15 bits per heavy atom. The fourth-order valence-corrected chi connectivity index (χ4v) is 2.77. The summed E-state index contributed by atoms with van der Waals surface area (Å²) in [6, 6.07) is 1.56. The number of carboxylic acids is 1. The van der Waals surface area contributed by atoms with Gasteiger partial charge in [-0.05, 0) is 25.1 Å². The molecular weight excluding hydrogens is 256 g/mol. The summed E-state index contributed by atoms with van der Waals surface area (Å²) in [4.78, 5) is 25.7. The fourth-order valence-electron chi connectivity index (χ4n) is 2.77. The first-order valence-electron chi connectivity index (χ1n) is 7.22. The molecule has 0 amide bonds. The monoisotopic (exact) mass is 278 g/mol. The summed E-state index contributed by atoms with van der Waals surface area (Å²) >= 11 is 0. The van der Waals surface area contributed by atoms with Gasteiger partial charge in [-0.3, -0.25) is 4.79 Å². The molecule has 1 aromatic heterocycles. The molecule has 5 nitrogen and oxygen atoms in total. The molecular formula is C15H22N2O3. The van der Waals surface area contributed by atoms with Gasteiger partial charge in [0.2, 0.25) is 0 Å². The molecule has 0 spiro atoms. The normalized spacial score (nSPS) is 15.1. The largest absolute Gasteiger partial charge is 0.477 e. The van der Waals surface area contributed by atoms with E-state index in [9.17, 15) is 14.7 Å². The Bertz CT molecular complexity index is 563. The molecule has 1 aromatic rings. The first-order valence-corrected chi connectivity index (χ1v) is 7.22. The van der Waals surface area contributed by atoms with Crippen LogP contribution in [0.3, 0.4) is 0 Å². The van der Waals surface area contributed by atoms with Crippen LogP contribution in [0.5, 0.6) is 0 Å². The third kappa shape index (κ3) is 2.93. The Morgan fingerprint density at radius 3 is 2.80 bits per heavy atom. The van der Waals surface area contributed by atoms with Crippen LogP contribution < -0.4 is 5.56 Å². The van der Waals surface area contributed by atoms with Gasteiger partial charge in [0.05, 0.1) is 0 Å². The molecule has 1 aliphatic rings. The van der Waals surface area contributed by atoms with Crippen LogP contribution in [0.4, 0.5) is 0 Å². The Morgan fingerprint density at radius 1 is 1.40 bits per heavy atom. The number of aromatic nitrogens is 1. The number of nitrogens with zero attached hydrogens (tertiary/aromatic N) is 2. The molecule has 1 aliphatic heterocycles. The zero-order valence-corrected chi connectivity index (χ0v) is 12.2. The van der Waals surface area contributed by atoms with Crippen molar-refractivity contribution in [3.05, 3.63) is 33.2 Å². The van der Waals surface area contributed by atoms with Crippen LogP contribution in [0.25, 0.3) is 0 Å². The summed E-state index contributed by atoms with van der Waals surface area (Å²) < 4.78 is 1.70. The van der Waals surface area contributed by atoms with Crippen molar-refractivity contribution >= 4 is 5.97 Å². The van der Waals surface area contributed by atoms with Crippen LogP contribution in [-0.2, 0) is 19.5 Å². The number of likely N-dealkylation sites (N-methyl/N-ethyl adjacent to an activating group) is 1. The predicted octanol–water partition coefficient (Wildman–Crippen LogP) is 1.72. The SMILES string of the molecule is CCCCCn1c2c(cc(C(=O)O)c1=O)CN(C)CC2. The Kier molecular flexibility index (Phi) is 4.60. The first kappa shape index (κ1) is 14.8. The van der Waals surface area contributed by atoms with Crippen molar-refractivity contribution in [1.82, 2.24) is 9.47 Å². The first-order chi connectivity index (χ1) is 9.54. The number of hydrogen-bond donors (Lipinski definition) is 1. The third-order valence-corrected chi connectivity index (χ3v) is 3.88. The van der Waals surface area contributed by atoms with Gasteiger partial charge in [-0.1, -0.05) is 19.8 Å². The lowest BCUT2D eigenvalue weighted by molar-refractivity contribution is 0.0693. The number of fused-ring (bicyclic) bond motifs is 1. The number of aromatic carboxylic acids is 1. The second-order valence-electron chi connectivity index (χ2n) is 5.49. The number of carboxylic acid groups (broad SMARTS) is 1. The van der Waals surface area contributed by atoms with Gasteiger partial charge in [0, 0.05) is 31.7 Å². The van der Waals surface area contributed by atoms with Crippen LogP contribution >= 0.6 is 0 Å². The van der Waals surface area contributed by atoms with Crippen molar-refractivity contribution in [3.8, 4) is 0 Å². The van der Waals surface area contributed by atoms with E-state index in [0.29, 0.717) is 13.1 Å². The van der Waals surface area contributed by atoms with Crippen molar-refractivity contribution in [1.29, 1.82) is 0 Å². The van der Waals surface area contributed by atoms with E-state index in [1.807, 2.05) is 7.05 Å². The van der Waals surface area contributed by atoms with E-state index in [-0.39, 0.29) is 11.1 Å². The van der Waals surface area contributed by atoms with Crippen LogP contribution in [-0.4, -0.2) is 34.1 Å². The van der Waals surface area contributed by atoms with Gasteiger partial charge in [0.1, 0.15) is 5.56 Å². The minimum absolute atomic E-state index is 0.101. The molecule has 2 heterocycles. The van der Waals surface area contributed by atoms with Gasteiger partial charge < -0.3 is 14.6 Å². The summed E-state index contributed by atoms with van der Waals surface area (Å²) in [5.41, 5.74) is 1.55. The maximum atomic E-state index is 12.3. The van der Waals surface area contributed by atoms with Crippen molar-refractivity contribution in [2.45, 2.75) is 45.7 Å². The number of pyridine rings is 1. The quantitative estimate of drug-likeness (QED) is 0.833. The highest BCUT2D eigenvalue weighted by molar-refractivity contribution is 5.87. The molecule has 5 heteroatoms. The maximum Gasteiger partial charge on any atom is 0.341 e. The summed E-state index contributed by atoms with van der Waals surface area (Å²) in [7, 11) is 2.01. The van der Waals surface area contributed by atoms with Gasteiger partial charge in [-0.15, -0.1) is 0 Å². The summed E-state index contributed by atoms with van der Waals surface area (Å²) in [5.74, 6) is -1.13. The number of carbonyl (C=O) groups is 1.